The van der Waals surface area contributed by atoms with E-state index in [1.165, 1.54) is 11.3 Å². The van der Waals surface area contributed by atoms with Gasteiger partial charge in [0.1, 0.15) is 11.2 Å². The molecule has 0 fully saturated rings. The van der Waals surface area contributed by atoms with Crippen molar-refractivity contribution in [2.24, 2.45) is 5.73 Å². The van der Waals surface area contributed by atoms with Gasteiger partial charge in [0, 0.05) is 10.4 Å². The van der Waals surface area contributed by atoms with Gasteiger partial charge in [-0.2, -0.15) is 0 Å². The van der Waals surface area contributed by atoms with Crippen LogP contribution in [0.15, 0.2) is 30.3 Å². The molecule has 1 atom stereocenters. The average molecular weight is 506 g/mol. The molecule has 1 heterocycles. The Bertz CT molecular complexity index is 961. The first-order valence-corrected chi connectivity index (χ1v) is 11.5. The van der Waals surface area contributed by atoms with Gasteiger partial charge in [0.15, 0.2) is 5.11 Å². The van der Waals surface area contributed by atoms with E-state index in [4.69, 9.17) is 52.8 Å². The Labute approximate surface area is 198 Å². The van der Waals surface area contributed by atoms with E-state index in [0.29, 0.717) is 16.1 Å². The molecule has 0 saturated heterocycles. The number of primary amides is 1. The zero-order valence-corrected chi connectivity index (χ0v) is 19.5. The Balaban J connectivity index is 1.75. The molecule has 30 heavy (non-hydrogen) atoms. The highest BCUT2D eigenvalue weighted by Gasteiger charge is 2.35. The summed E-state index contributed by atoms with van der Waals surface area (Å²) in [6.07, 6.45) is 2.64. The number of anilines is 1. The van der Waals surface area contributed by atoms with Crippen molar-refractivity contribution in [2.75, 3.05) is 5.32 Å². The number of hydrogen-bond acceptors (Lipinski definition) is 4. The molecule has 11 heteroatoms. The molecular weight excluding hydrogens is 487 g/mol. The summed E-state index contributed by atoms with van der Waals surface area (Å²) in [5.74, 6) is -0.957. The largest absolute Gasteiger partial charge is 0.365 e. The van der Waals surface area contributed by atoms with Gasteiger partial charge in [-0.25, -0.2) is 0 Å². The number of benzene rings is 1. The van der Waals surface area contributed by atoms with Crippen LogP contribution >= 0.6 is 58.4 Å². The molecule has 160 valence electrons. The predicted octanol–water partition coefficient (Wildman–Crippen LogP) is 4.14. The molecule has 6 nitrogen and oxygen atoms in total. The molecule has 1 aliphatic carbocycles. The minimum absolute atomic E-state index is 0.0841. The number of carbonyl (C=O) groups excluding carboxylic acids is 2. The lowest BCUT2D eigenvalue weighted by atomic mass is 9.95. The van der Waals surface area contributed by atoms with Gasteiger partial charge in [0.2, 0.25) is 3.79 Å². The van der Waals surface area contributed by atoms with Crippen LogP contribution in [0, 0.1) is 0 Å². The van der Waals surface area contributed by atoms with E-state index in [1.54, 1.807) is 30.3 Å². The quantitative estimate of drug-likeness (QED) is 0.278. The van der Waals surface area contributed by atoms with Crippen molar-refractivity contribution in [3.05, 3.63) is 51.9 Å². The van der Waals surface area contributed by atoms with Crippen LogP contribution in [0.4, 0.5) is 5.00 Å². The van der Waals surface area contributed by atoms with Gasteiger partial charge >= 0.3 is 0 Å². The third kappa shape index (κ3) is 5.56. The zero-order valence-electron chi connectivity index (χ0n) is 15.6. The number of thiocarbonyl (C=S) groups is 1. The van der Waals surface area contributed by atoms with Crippen molar-refractivity contribution in [2.45, 2.75) is 35.6 Å². The number of alkyl halides is 3. The molecule has 1 aromatic heterocycles. The SMILES string of the molecule is NC(=O)c1c(NC(=S)N[C@@H](NC(=O)c2ccccc2)C(Cl)(Cl)Cl)sc2c1CCCC2. The maximum Gasteiger partial charge on any atom is 0.252 e. The number of nitrogens with one attached hydrogen (secondary N) is 3. The van der Waals surface area contributed by atoms with E-state index in [2.05, 4.69) is 16.0 Å². The first-order valence-electron chi connectivity index (χ1n) is 9.11. The van der Waals surface area contributed by atoms with Crippen LogP contribution in [0.2, 0.25) is 0 Å². The third-order valence-corrected chi connectivity index (χ3v) is 6.64. The second kappa shape index (κ2) is 9.70. The number of fused-ring (bicyclic) bond motifs is 1. The maximum absolute atomic E-state index is 12.5. The monoisotopic (exact) mass is 504 g/mol. The van der Waals surface area contributed by atoms with Crippen LogP contribution in [0.3, 0.4) is 0 Å². The molecule has 0 radical (unpaired) electrons. The molecule has 0 saturated carbocycles. The number of halogens is 3. The molecule has 0 aliphatic heterocycles. The molecule has 1 aliphatic rings. The van der Waals surface area contributed by atoms with Crippen molar-refractivity contribution in [3.63, 3.8) is 0 Å². The summed E-state index contributed by atoms with van der Waals surface area (Å²) < 4.78 is -1.89. The lowest BCUT2D eigenvalue weighted by molar-refractivity contribution is 0.0933. The molecule has 1 aromatic carbocycles. The molecule has 0 unspecified atom stereocenters. The number of amides is 2. The van der Waals surface area contributed by atoms with E-state index in [0.717, 1.165) is 36.1 Å². The van der Waals surface area contributed by atoms with Crippen molar-refractivity contribution in [3.8, 4) is 0 Å². The number of rotatable bonds is 5. The van der Waals surface area contributed by atoms with Gasteiger partial charge in [-0.05, 0) is 55.6 Å². The summed E-state index contributed by atoms with van der Waals surface area (Å²) in [7, 11) is 0. The Hall–Kier alpha value is -1.58. The lowest BCUT2D eigenvalue weighted by Crippen LogP contribution is -2.56. The fourth-order valence-electron chi connectivity index (χ4n) is 3.19. The number of thiophene rings is 1. The number of carbonyl (C=O) groups is 2. The maximum atomic E-state index is 12.5. The second-order valence-electron chi connectivity index (χ2n) is 6.69. The van der Waals surface area contributed by atoms with Crippen LogP contribution in [0.25, 0.3) is 0 Å². The summed E-state index contributed by atoms with van der Waals surface area (Å²) in [5.41, 5.74) is 7.42. The lowest BCUT2D eigenvalue weighted by Gasteiger charge is -2.27. The summed E-state index contributed by atoms with van der Waals surface area (Å²) in [5, 5.41) is 9.02. The molecule has 2 aromatic rings. The highest BCUT2D eigenvalue weighted by molar-refractivity contribution is 7.80. The summed E-state index contributed by atoms with van der Waals surface area (Å²) in [6.45, 7) is 0. The molecule has 5 N–H and O–H groups in total. The topological polar surface area (TPSA) is 96.2 Å². The normalized spacial score (nSPS) is 14.4. The smallest absolute Gasteiger partial charge is 0.252 e. The first-order chi connectivity index (χ1) is 14.2. The van der Waals surface area contributed by atoms with Gasteiger partial charge < -0.3 is 21.7 Å². The van der Waals surface area contributed by atoms with Gasteiger partial charge in [0.25, 0.3) is 11.8 Å². The zero-order chi connectivity index (χ0) is 21.9. The van der Waals surface area contributed by atoms with E-state index >= 15 is 0 Å². The highest BCUT2D eigenvalue weighted by atomic mass is 35.6. The molecule has 3 rings (SSSR count). The molecular formula is C19H19Cl3N4O2S2. The van der Waals surface area contributed by atoms with Crippen LogP contribution in [0.5, 0.6) is 0 Å². The van der Waals surface area contributed by atoms with Crippen LogP contribution in [0.1, 0.15) is 44.0 Å². The highest BCUT2D eigenvalue weighted by Crippen LogP contribution is 2.38. The van der Waals surface area contributed by atoms with Crippen molar-refractivity contribution in [1.82, 2.24) is 10.6 Å². The molecule has 0 spiro atoms. The Morgan fingerprint density at radius 1 is 1.10 bits per heavy atom. The second-order valence-corrected chi connectivity index (χ2v) is 10.6. The molecule has 0 bridgehead atoms. The van der Waals surface area contributed by atoms with E-state index in [9.17, 15) is 9.59 Å². The average Bonchev–Trinajstić information content (AvgIpc) is 3.05. The standard InChI is InChI=1S/C19H19Cl3N4O2S2/c20-19(21,22)17(24-15(28)10-6-2-1-3-7-10)26-18(29)25-16-13(14(23)27)11-8-4-5-9-12(11)30-16/h1-3,6-7,17H,4-5,8-9H2,(H2,23,27)(H,24,28)(H2,25,26,29)/t17-/m1/s1. The van der Waals surface area contributed by atoms with E-state index in [1.807, 2.05) is 0 Å². The predicted molar refractivity (Wildman–Crippen MR) is 127 cm³/mol. The Morgan fingerprint density at radius 2 is 1.77 bits per heavy atom. The fourth-order valence-corrected chi connectivity index (χ4v) is 5.10. The molecule has 2 amide bonds. The third-order valence-electron chi connectivity index (χ3n) is 4.56. The van der Waals surface area contributed by atoms with Crippen molar-refractivity contribution in [1.29, 1.82) is 0 Å². The minimum atomic E-state index is -1.89. The number of aryl methyl sites for hydroxylation is 1. The summed E-state index contributed by atoms with van der Waals surface area (Å²) in [4.78, 5) is 25.6. The number of nitrogens with two attached hydrogens (primary N) is 1. The van der Waals surface area contributed by atoms with E-state index < -0.39 is 21.8 Å². The minimum Gasteiger partial charge on any atom is -0.365 e. The van der Waals surface area contributed by atoms with Crippen LogP contribution in [-0.4, -0.2) is 26.9 Å². The summed E-state index contributed by atoms with van der Waals surface area (Å²) >= 11 is 24.9. The number of hydrogen-bond donors (Lipinski definition) is 4. The van der Waals surface area contributed by atoms with Crippen LogP contribution in [-0.2, 0) is 12.8 Å². The van der Waals surface area contributed by atoms with Gasteiger partial charge in [-0.15, -0.1) is 11.3 Å². The van der Waals surface area contributed by atoms with Gasteiger partial charge in [-0.3, -0.25) is 9.59 Å². The van der Waals surface area contributed by atoms with Crippen molar-refractivity contribution < 1.29 is 9.59 Å². The Morgan fingerprint density at radius 3 is 2.40 bits per heavy atom. The first kappa shape index (κ1) is 23.1. The van der Waals surface area contributed by atoms with Gasteiger partial charge in [-0.1, -0.05) is 53.0 Å². The van der Waals surface area contributed by atoms with E-state index in [-0.39, 0.29) is 5.11 Å². The van der Waals surface area contributed by atoms with Gasteiger partial charge in [0.05, 0.1) is 5.56 Å². The van der Waals surface area contributed by atoms with Crippen LogP contribution < -0.4 is 21.7 Å². The Kier molecular flexibility index (Phi) is 7.47. The van der Waals surface area contributed by atoms with Crippen molar-refractivity contribution >= 4 is 80.3 Å². The fraction of sp³-hybridized carbons (Fsp3) is 0.316. The summed E-state index contributed by atoms with van der Waals surface area (Å²) in [6, 6.07) is 8.51.